The van der Waals surface area contributed by atoms with Crippen molar-refractivity contribution in [2.75, 3.05) is 0 Å². The Labute approximate surface area is 155 Å². The fourth-order valence-corrected chi connectivity index (χ4v) is 3.80. The maximum absolute atomic E-state index is 14.0. The van der Waals surface area contributed by atoms with Crippen molar-refractivity contribution in [3.05, 3.63) is 59.4 Å². The Morgan fingerprint density at radius 2 is 1.81 bits per heavy atom. The van der Waals surface area contributed by atoms with Crippen LogP contribution in [0.15, 0.2) is 42.5 Å². The monoisotopic (exact) mass is 345 g/mol. The molecule has 2 aromatic carbocycles. The molecule has 0 N–H and O–H groups in total. The topological polar surface area (TPSA) is 23.8 Å². The number of halogens is 1. The van der Waals surface area contributed by atoms with Crippen molar-refractivity contribution in [1.82, 2.24) is 0 Å². The minimum absolute atomic E-state index is 0.0705. The minimum Gasteiger partial charge on any atom is -0.206 e. The molecule has 1 fully saturated rings. The van der Waals surface area contributed by atoms with Gasteiger partial charge < -0.3 is 0 Å². The van der Waals surface area contributed by atoms with Gasteiger partial charge in [-0.05, 0) is 60.9 Å². The van der Waals surface area contributed by atoms with Crippen LogP contribution in [0.4, 0.5) is 4.39 Å². The number of nitriles is 1. The van der Waals surface area contributed by atoms with E-state index in [0.717, 1.165) is 22.6 Å². The quantitative estimate of drug-likeness (QED) is 0.597. The zero-order valence-electron chi connectivity index (χ0n) is 15.3. The number of benzene rings is 2. The lowest BCUT2D eigenvalue weighted by molar-refractivity contribution is 0.300. The Hall–Kier alpha value is -2.58. The van der Waals surface area contributed by atoms with Gasteiger partial charge in [0, 0.05) is 11.5 Å². The van der Waals surface area contributed by atoms with Crippen molar-refractivity contribution in [2.45, 2.75) is 45.4 Å². The van der Waals surface area contributed by atoms with Crippen molar-refractivity contribution < 1.29 is 4.39 Å². The second kappa shape index (κ2) is 8.68. The molecule has 0 unspecified atom stereocenters. The third kappa shape index (κ3) is 4.33. The van der Waals surface area contributed by atoms with E-state index >= 15 is 0 Å². The molecule has 0 aromatic heterocycles. The van der Waals surface area contributed by atoms with Crippen LogP contribution in [-0.2, 0) is 0 Å². The van der Waals surface area contributed by atoms with Crippen LogP contribution in [0.2, 0.25) is 0 Å². The molecule has 0 heterocycles. The molecule has 0 radical (unpaired) electrons. The molecule has 1 aliphatic rings. The summed E-state index contributed by atoms with van der Waals surface area (Å²) in [7, 11) is 0. The lowest BCUT2D eigenvalue weighted by atomic mass is 9.80. The van der Waals surface area contributed by atoms with Gasteiger partial charge in [0.05, 0.1) is 5.56 Å². The van der Waals surface area contributed by atoms with Gasteiger partial charge in [-0.15, -0.1) is 0 Å². The molecule has 0 aliphatic heterocycles. The predicted molar refractivity (Wildman–Crippen MR) is 104 cm³/mol. The molecule has 0 bridgehead atoms. The van der Waals surface area contributed by atoms with Gasteiger partial charge in [-0.3, -0.25) is 0 Å². The second-order valence-corrected chi connectivity index (χ2v) is 7.13. The maximum atomic E-state index is 14.0. The first-order valence-electron chi connectivity index (χ1n) is 9.51. The first-order chi connectivity index (χ1) is 12.7. The van der Waals surface area contributed by atoms with Crippen LogP contribution in [-0.4, -0.2) is 0 Å². The zero-order valence-corrected chi connectivity index (χ0v) is 15.3. The largest absolute Gasteiger partial charge is 0.206 e. The molecule has 1 aliphatic carbocycles. The summed E-state index contributed by atoms with van der Waals surface area (Å²) < 4.78 is 14.0. The van der Waals surface area contributed by atoms with Crippen LogP contribution >= 0.6 is 0 Å². The summed E-state index contributed by atoms with van der Waals surface area (Å²) in [6.07, 6.45) is 7.56. The molecule has 2 aromatic rings. The molecule has 26 heavy (non-hydrogen) atoms. The van der Waals surface area contributed by atoms with Crippen molar-refractivity contribution in [2.24, 2.45) is 11.8 Å². The molecule has 1 nitrogen and oxygen atoms in total. The van der Waals surface area contributed by atoms with E-state index < -0.39 is 5.82 Å². The summed E-state index contributed by atoms with van der Waals surface area (Å²) in [6, 6.07) is 14.5. The Morgan fingerprint density at radius 3 is 2.50 bits per heavy atom. The summed E-state index contributed by atoms with van der Waals surface area (Å²) in [6.45, 7) is 2.26. The molecule has 0 saturated heterocycles. The SMILES string of the molecule is CCCC1CCC(C#Cc2ccccc2-c2ccc(C#N)c(F)c2)CC1. The average molecular weight is 345 g/mol. The fourth-order valence-electron chi connectivity index (χ4n) is 3.80. The smallest absolute Gasteiger partial charge is 0.141 e. The number of hydrogen-bond acceptors (Lipinski definition) is 1. The Balaban J connectivity index is 1.79. The molecule has 0 spiro atoms. The molecular formula is C24H24FN. The van der Waals surface area contributed by atoms with Crippen molar-refractivity contribution >= 4 is 0 Å². The maximum Gasteiger partial charge on any atom is 0.141 e. The van der Waals surface area contributed by atoms with Crippen LogP contribution < -0.4 is 0 Å². The van der Waals surface area contributed by atoms with E-state index in [1.807, 2.05) is 30.3 Å². The van der Waals surface area contributed by atoms with E-state index in [0.29, 0.717) is 5.92 Å². The highest BCUT2D eigenvalue weighted by atomic mass is 19.1. The van der Waals surface area contributed by atoms with E-state index in [2.05, 4.69) is 18.8 Å². The van der Waals surface area contributed by atoms with Crippen molar-refractivity contribution in [3.63, 3.8) is 0 Å². The van der Waals surface area contributed by atoms with Gasteiger partial charge in [0.1, 0.15) is 11.9 Å². The van der Waals surface area contributed by atoms with Gasteiger partial charge in [-0.25, -0.2) is 4.39 Å². The molecule has 0 atom stereocenters. The van der Waals surface area contributed by atoms with E-state index in [4.69, 9.17) is 5.26 Å². The Morgan fingerprint density at radius 1 is 1.04 bits per heavy atom. The van der Waals surface area contributed by atoms with E-state index in [-0.39, 0.29) is 5.56 Å². The highest BCUT2D eigenvalue weighted by Crippen LogP contribution is 2.31. The summed E-state index contributed by atoms with van der Waals surface area (Å²) in [5.74, 6) is 7.65. The number of nitrogens with zero attached hydrogens (tertiary/aromatic N) is 1. The third-order valence-corrected chi connectivity index (χ3v) is 5.28. The molecular weight excluding hydrogens is 321 g/mol. The first-order valence-corrected chi connectivity index (χ1v) is 9.51. The van der Waals surface area contributed by atoms with E-state index in [9.17, 15) is 4.39 Å². The van der Waals surface area contributed by atoms with E-state index in [1.54, 1.807) is 6.07 Å². The van der Waals surface area contributed by atoms with Crippen LogP contribution in [0.1, 0.15) is 56.6 Å². The van der Waals surface area contributed by atoms with Crippen molar-refractivity contribution in [1.29, 1.82) is 5.26 Å². The molecule has 1 saturated carbocycles. The molecule has 2 heteroatoms. The lowest BCUT2D eigenvalue weighted by Crippen LogP contribution is -2.13. The van der Waals surface area contributed by atoms with Gasteiger partial charge >= 0.3 is 0 Å². The van der Waals surface area contributed by atoms with Gasteiger partial charge in [0.25, 0.3) is 0 Å². The number of hydrogen-bond donors (Lipinski definition) is 0. The Kier molecular flexibility index (Phi) is 6.08. The average Bonchev–Trinajstić information content (AvgIpc) is 2.68. The second-order valence-electron chi connectivity index (χ2n) is 7.13. The summed E-state index contributed by atoms with van der Waals surface area (Å²) in [5, 5.41) is 8.90. The molecule has 0 amide bonds. The van der Waals surface area contributed by atoms with Crippen LogP contribution in [0.3, 0.4) is 0 Å². The fraction of sp³-hybridized carbons (Fsp3) is 0.375. The number of rotatable bonds is 3. The summed E-state index contributed by atoms with van der Waals surface area (Å²) >= 11 is 0. The van der Waals surface area contributed by atoms with Gasteiger partial charge in [0.15, 0.2) is 0 Å². The highest BCUT2D eigenvalue weighted by Gasteiger charge is 2.19. The first kappa shape index (κ1) is 18.2. The molecule has 3 rings (SSSR count). The molecule has 132 valence electrons. The van der Waals surface area contributed by atoms with Gasteiger partial charge in [-0.1, -0.05) is 55.9 Å². The predicted octanol–water partition coefficient (Wildman–Crippen LogP) is 6.32. The highest BCUT2D eigenvalue weighted by molar-refractivity contribution is 5.71. The summed E-state index contributed by atoms with van der Waals surface area (Å²) in [4.78, 5) is 0. The normalized spacial score (nSPS) is 19.3. The van der Waals surface area contributed by atoms with Gasteiger partial charge in [0.2, 0.25) is 0 Å². The lowest BCUT2D eigenvalue weighted by Gasteiger charge is -2.25. The van der Waals surface area contributed by atoms with Crippen LogP contribution in [0, 0.1) is 40.8 Å². The van der Waals surface area contributed by atoms with Gasteiger partial charge in [-0.2, -0.15) is 5.26 Å². The van der Waals surface area contributed by atoms with E-state index in [1.165, 1.54) is 50.7 Å². The standard InChI is InChI=1S/C24H24FN/c1-2-5-18-8-10-19(11-9-18)12-13-20-6-3-4-7-23(20)21-14-15-22(17-26)24(25)16-21/h3-4,6-7,14-16,18-19H,2,5,8-11H2,1H3. The third-order valence-electron chi connectivity index (χ3n) is 5.28. The Bertz CT molecular complexity index is 858. The zero-order chi connectivity index (χ0) is 18.4. The summed E-state index contributed by atoms with van der Waals surface area (Å²) in [5.41, 5.74) is 2.68. The van der Waals surface area contributed by atoms with Crippen LogP contribution in [0.5, 0.6) is 0 Å². The minimum atomic E-state index is -0.484. The van der Waals surface area contributed by atoms with Crippen LogP contribution in [0.25, 0.3) is 11.1 Å². The van der Waals surface area contributed by atoms with Crippen molar-refractivity contribution in [3.8, 4) is 29.0 Å².